The lowest BCUT2D eigenvalue weighted by atomic mass is 10.3. The summed E-state index contributed by atoms with van der Waals surface area (Å²) in [5, 5.41) is 11.4. The topological polar surface area (TPSA) is 99.9 Å². The molecule has 1 amide bonds. The van der Waals surface area contributed by atoms with E-state index in [0.29, 0.717) is 29.0 Å². The number of carbonyl (C=O) groups is 1. The molecule has 32 heavy (non-hydrogen) atoms. The predicted molar refractivity (Wildman–Crippen MR) is 123 cm³/mol. The number of hydrogen-bond acceptors (Lipinski definition) is 6. The largest absolute Gasteiger partial charge is 0.461 e. The van der Waals surface area contributed by atoms with Gasteiger partial charge in [0.15, 0.2) is 16.7 Å². The van der Waals surface area contributed by atoms with E-state index in [9.17, 15) is 9.59 Å². The van der Waals surface area contributed by atoms with Gasteiger partial charge in [0.05, 0.1) is 22.9 Å². The molecule has 1 N–H and O–H groups in total. The molecule has 4 aromatic rings. The third-order valence-corrected chi connectivity index (χ3v) is 6.31. The van der Waals surface area contributed by atoms with Crippen LogP contribution in [-0.2, 0) is 18.4 Å². The number of furan rings is 1. The zero-order valence-corrected chi connectivity index (χ0v) is 19.1. The van der Waals surface area contributed by atoms with Crippen LogP contribution in [0.1, 0.15) is 19.5 Å². The molecule has 3 heterocycles. The summed E-state index contributed by atoms with van der Waals surface area (Å²) in [5.74, 6) is 0.938. The van der Waals surface area contributed by atoms with Gasteiger partial charge in [-0.15, -0.1) is 10.2 Å². The standard InChI is InChI=1S/C22H24N6O3S/c1-5-27-19(17-12-9-13-31-17)24-25-22(27)32-15(3)20(29)23-18-14(2)26(4)28(21(18)30)16-10-7-6-8-11-16/h6-13,15H,5H2,1-4H3,(H,23,29). The zero-order valence-electron chi connectivity index (χ0n) is 18.3. The normalized spacial score (nSPS) is 12.1. The van der Waals surface area contributed by atoms with Crippen LogP contribution in [0.15, 0.2) is 63.1 Å². The average molecular weight is 453 g/mol. The Hall–Kier alpha value is -3.53. The first-order chi connectivity index (χ1) is 15.4. The molecule has 0 aliphatic carbocycles. The number of amides is 1. The molecular formula is C22H24N6O3S. The molecule has 0 fully saturated rings. The molecule has 10 heteroatoms. The first-order valence-electron chi connectivity index (χ1n) is 10.2. The molecule has 0 radical (unpaired) electrons. The van der Waals surface area contributed by atoms with Crippen molar-refractivity contribution in [2.45, 2.75) is 37.7 Å². The van der Waals surface area contributed by atoms with Crippen LogP contribution in [0.25, 0.3) is 17.3 Å². The van der Waals surface area contributed by atoms with Gasteiger partial charge < -0.3 is 9.73 Å². The van der Waals surface area contributed by atoms with Crippen molar-refractivity contribution in [3.63, 3.8) is 0 Å². The summed E-state index contributed by atoms with van der Waals surface area (Å²) < 4.78 is 10.6. The van der Waals surface area contributed by atoms with Gasteiger partial charge >= 0.3 is 0 Å². The number of para-hydroxylation sites is 1. The summed E-state index contributed by atoms with van der Waals surface area (Å²) >= 11 is 1.28. The van der Waals surface area contributed by atoms with Crippen LogP contribution >= 0.6 is 11.8 Å². The van der Waals surface area contributed by atoms with Gasteiger partial charge in [0.25, 0.3) is 5.56 Å². The van der Waals surface area contributed by atoms with Crippen molar-refractivity contribution in [1.29, 1.82) is 0 Å². The van der Waals surface area contributed by atoms with E-state index < -0.39 is 5.25 Å². The number of hydrogen-bond donors (Lipinski definition) is 1. The quantitative estimate of drug-likeness (QED) is 0.431. The minimum Gasteiger partial charge on any atom is -0.461 e. The maximum atomic E-state index is 13.0. The fourth-order valence-electron chi connectivity index (χ4n) is 3.40. The van der Waals surface area contributed by atoms with E-state index in [2.05, 4.69) is 15.5 Å². The molecule has 0 bridgehead atoms. The fraction of sp³-hybridized carbons (Fsp3) is 0.273. The smallest absolute Gasteiger partial charge is 0.295 e. The molecular weight excluding hydrogens is 428 g/mol. The minimum atomic E-state index is -0.502. The zero-order chi connectivity index (χ0) is 22.8. The van der Waals surface area contributed by atoms with Crippen molar-refractivity contribution in [3.8, 4) is 17.3 Å². The van der Waals surface area contributed by atoms with Crippen LogP contribution < -0.4 is 10.9 Å². The fourth-order valence-corrected chi connectivity index (χ4v) is 4.31. The molecule has 4 rings (SSSR count). The molecule has 1 unspecified atom stereocenters. The Balaban J connectivity index is 1.55. The number of anilines is 1. The number of nitrogens with one attached hydrogen (secondary N) is 1. The predicted octanol–water partition coefficient (Wildman–Crippen LogP) is 3.48. The highest BCUT2D eigenvalue weighted by Gasteiger charge is 2.24. The number of carbonyl (C=O) groups excluding carboxylic acids is 1. The summed E-state index contributed by atoms with van der Waals surface area (Å²) in [6, 6.07) is 12.9. The van der Waals surface area contributed by atoms with E-state index in [0.717, 1.165) is 5.69 Å². The van der Waals surface area contributed by atoms with Crippen LogP contribution in [0.5, 0.6) is 0 Å². The Labute approximate surface area is 189 Å². The van der Waals surface area contributed by atoms with Gasteiger partial charge in [-0.1, -0.05) is 30.0 Å². The van der Waals surface area contributed by atoms with Gasteiger partial charge in [0.2, 0.25) is 5.91 Å². The molecule has 0 saturated heterocycles. The van der Waals surface area contributed by atoms with Gasteiger partial charge in [-0.2, -0.15) is 0 Å². The Morgan fingerprint density at radius 1 is 1.19 bits per heavy atom. The average Bonchev–Trinajstić information content (AvgIpc) is 3.50. The maximum Gasteiger partial charge on any atom is 0.295 e. The van der Waals surface area contributed by atoms with Crippen molar-refractivity contribution in [1.82, 2.24) is 24.1 Å². The molecule has 1 aromatic carbocycles. The SMILES string of the molecule is CCn1c(SC(C)C(=O)Nc2c(C)n(C)n(-c3ccccc3)c2=O)nnc1-c1ccco1. The number of thioether (sulfide) groups is 1. The van der Waals surface area contributed by atoms with Crippen LogP contribution in [-0.4, -0.2) is 35.3 Å². The molecule has 0 spiro atoms. The van der Waals surface area contributed by atoms with E-state index in [4.69, 9.17) is 4.42 Å². The molecule has 0 saturated carbocycles. The van der Waals surface area contributed by atoms with E-state index in [-0.39, 0.29) is 17.2 Å². The van der Waals surface area contributed by atoms with Crippen molar-refractivity contribution in [2.75, 3.05) is 5.32 Å². The van der Waals surface area contributed by atoms with Crippen LogP contribution in [0, 0.1) is 6.92 Å². The molecule has 9 nitrogen and oxygen atoms in total. The second kappa shape index (κ2) is 8.91. The van der Waals surface area contributed by atoms with Crippen molar-refractivity contribution < 1.29 is 9.21 Å². The van der Waals surface area contributed by atoms with E-state index in [1.54, 1.807) is 37.9 Å². The number of rotatable bonds is 7. The van der Waals surface area contributed by atoms with Gasteiger partial charge in [-0.3, -0.25) is 18.8 Å². The third kappa shape index (κ3) is 3.89. The van der Waals surface area contributed by atoms with Gasteiger partial charge in [-0.25, -0.2) is 4.68 Å². The first-order valence-corrected chi connectivity index (χ1v) is 11.1. The number of benzene rings is 1. The lowest BCUT2D eigenvalue weighted by Crippen LogP contribution is -2.27. The van der Waals surface area contributed by atoms with Crippen molar-refractivity contribution >= 4 is 23.4 Å². The van der Waals surface area contributed by atoms with Gasteiger partial charge in [-0.05, 0) is 45.0 Å². The lowest BCUT2D eigenvalue weighted by Gasteiger charge is -2.12. The summed E-state index contributed by atoms with van der Waals surface area (Å²) in [4.78, 5) is 26.0. The highest BCUT2D eigenvalue weighted by molar-refractivity contribution is 8.00. The minimum absolute atomic E-state index is 0.266. The van der Waals surface area contributed by atoms with E-state index in [1.165, 1.54) is 16.4 Å². The molecule has 3 aromatic heterocycles. The Morgan fingerprint density at radius 2 is 1.94 bits per heavy atom. The second-order valence-corrected chi connectivity index (χ2v) is 8.52. The number of aromatic nitrogens is 5. The first kappa shape index (κ1) is 21.7. The Bertz CT molecular complexity index is 1290. The molecule has 1 atom stereocenters. The molecule has 166 valence electrons. The number of nitrogens with zero attached hydrogens (tertiary/aromatic N) is 5. The monoisotopic (exact) mass is 452 g/mol. The third-order valence-electron chi connectivity index (χ3n) is 5.23. The summed E-state index contributed by atoms with van der Waals surface area (Å²) in [6.07, 6.45) is 1.58. The van der Waals surface area contributed by atoms with E-state index in [1.807, 2.05) is 47.9 Å². The lowest BCUT2D eigenvalue weighted by molar-refractivity contribution is -0.115. The Kier molecular flexibility index (Phi) is 6.04. The van der Waals surface area contributed by atoms with Crippen molar-refractivity contribution in [3.05, 3.63) is 64.8 Å². The second-order valence-electron chi connectivity index (χ2n) is 7.21. The Morgan fingerprint density at radius 3 is 2.59 bits per heavy atom. The van der Waals surface area contributed by atoms with Gasteiger partial charge in [0.1, 0.15) is 5.69 Å². The van der Waals surface area contributed by atoms with Crippen LogP contribution in [0.2, 0.25) is 0 Å². The molecule has 0 aliphatic heterocycles. The van der Waals surface area contributed by atoms with Crippen LogP contribution in [0.3, 0.4) is 0 Å². The highest BCUT2D eigenvalue weighted by atomic mass is 32.2. The van der Waals surface area contributed by atoms with E-state index >= 15 is 0 Å². The molecule has 0 aliphatic rings. The summed E-state index contributed by atoms with van der Waals surface area (Å²) in [6.45, 7) is 6.18. The van der Waals surface area contributed by atoms with Crippen molar-refractivity contribution in [2.24, 2.45) is 7.05 Å². The van der Waals surface area contributed by atoms with Crippen LogP contribution in [0.4, 0.5) is 5.69 Å². The maximum absolute atomic E-state index is 13.0. The summed E-state index contributed by atoms with van der Waals surface area (Å²) in [7, 11) is 1.79. The highest BCUT2D eigenvalue weighted by Crippen LogP contribution is 2.27. The summed E-state index contributed by atoms with van der Waals surface area (Å²) in [5.41, 5.74) is 1.38. The van der Waals surface area contributed by atoms with Gasteiger partial charge in [0, 0.05) is 13.6 Å².